The first-order valence-corrected chi connectivity index (χ1v) is 11.7. The standard InChI is InChI=1S/C19H19N2.C11H20O2.Ir/c1-13-8-15(10-16(9-13)19(2,3)4)17-11-14-6-5-7-20-18(14)12-21-17;1-10(2,3)8(12)7-9(13)11(4,5)6;/h5-7,9-12H,1-4H3;7,12H,1-6H3;/q-1;;/b;8-7-;. The van der Waals surface area contributed by atoms with Crippen molar-refractivity contribution >= 4 is 16.7 Å². The fourth-order valence-corrected chi connectivity index (χ4v) is 2.97. The molecule has 0 atom stereocenters. The van der Waals surface area contributed by atoms with E-state index in [-0.39, 0.29) is 42.5 Å². The third-order valence-electron chi connectivity index (χ3n) is 5.41. The van der Waals surface area contributed by atoms with Gasteiger partial charge in [0.15, 0.2) is 5.78 Å². The molecule has 0 aliphatic carbocycles. The maximum atomic E-state index is 11.5. The Morgan fingerprint density at radius 2 is 1.57 bits per heavy atom. The number of benzene rings is 1. The van der Waals surface area contributed by atoms with Crippen molar-refractivity contribution in [3.63, 3.8) is 0 Å². The van der Waals surface area contributed by atoms with Gasteiger partial charge in [0.25, 0.3) is 0 Å². The predicted octanol–water partition coefficient (Wildman–Crippen LogP) is 7.79. The number of hydrogen-bond acceptors (Lipinski definition) is 4. The van der Waals surface area contributed by atoms with E-state index in [9.17, 15) is 9.90 Å². The third kappa shape index (κ3) is 8.98. The van der Waals surface area contributed by atoms with Gasteiger partial charge in [-0.3, -0.25) is 9.78 Å². The Labute approximate surface area is 224 Å². The number of nitrogens with zero attached hydrogens (tertiary/aromatic N) is 2. The molecule has 1 radical (unpaired) electrons. The van der Waals surface area contributed by atoms with Crippen LogP contribution in [0.5, 0.6) is 0 Å². The zero-order chi connectivity index (χ0) is 25.9. The van der Waals surface area contributed by atoms with Crippen molar-refractivity contribution in [1.29, 1.82) is 0 Å². The molecule has 0 spiro atoms. The molecule has 0 aliphatic rings. The molecular formula is C30H39IrN2O2-. The molecule has 191 valence electrons. The molecule has 0 unspecified atom stereocenters. The van der Waals surface area contributed by atoms with Gasteiger partial charge in [0.05, 0.1) is 5.52 Å². The van der Waals surface area contributed by atoms with E-state index < -0.39 is 5.41 Å². The van der Waals surface area contributed by atoms with Crippen LogP contribution in [0.15, 0.2) is 54.6 Å². The van der Waals surface area contributed by atoms with E-state index in [1.54, 1.807) is 6.20 Å². The van der Waals surface area contributed by atoms with Crippen LogP contribution >= 0.6 is 0 Å². The van der Waals surface area contributed by atoms with Crippen molar-refractivity contribution in [2.24, 2.45) is 10.8 Å². The van der Waals surface area contributed by atoms with Gasteiger partial charge in [-0.1, -0.05) is 81.4 Å². The zero-order valence-electron chi connectivity index (χ0n) is 22.7. The number of carbonyl (C=O) groups is 1. The molecule has 1 aromatic carbocycles. The smallest absolute Gasteiger partial charge is 0.164 e. The van der Waals surface area contributed by atoms with E-state index in [1.807, 2.05) is 53.8 Å². The van der Waals surface area contributed by atoms with Crippen LogP contribution in [-0.4, -0.2) is 20.9 Å². The number of fused-ring (bicyclic) bond motifs is 1. The van der Waals surface area contributed by atoms with Gasteiger partial charge in [0, 0.05) is 49.4 Å². The zero-order valence-corrected chi connectivity index (χ0v) is 25.1. The average molecular weight is 652 g/mol. The molecule has 0 bridgehead atoms. The number of aliphatic hydroxyl groups excluding tert-OH is 1. The molecule has 2 aromatic heterocycles. The second kappa shape index (κ2) is 11.6. The van der Waals surface area contributed by atoms with Crippen molar-refractivity contribution in [3.8, 4) is 11.3 Å². The summed E-state index contributed by atoms with van der Waals surface area (Å²) in [5, 5.41) is 10.7. The van der Waals surface area contributed by atoms with Crippen molar-refractivity contribution in [2.45, 2.75) is 74.7 Å². The Balaban J connectivity index is 0.000000383. The van der Waals surface area contributed by atoms with Crippen molar-refractivity contribution in [3.05, 3.63) is 71.8 Å². The molecule has 5 heteroatoms. The summed E-state index contributed by atoms with van der Waals surface area (Å²) >= 11 is 0. The molecule has 0 aliphatic heterocycles. The third-order valence-corrected chi connectivity index (χ3v) is 5.41. The van der Waals surface area contributed by atoms with Gasteiger partial charge >= 0.3 is 0 Å². The molecular weight excluding hydrogens is 613 g/mol. The summed E-state index contributed by atoms with van der Waals surface area (Å²) in [6, 6.07) is 13.9. The number of hydrogen-bond donors (Lipinski definition) is 1. The van der Waals surface area contributed by atoms with Gasteiger partial charge in [0.1, 0.15) is 5.76 Å². The summed E-state index contributed by atoms with van der Waals surface area (Å²) in [7, 11) is 0. The van der Waals surface area contributed by atoms with E-state index in [1.165, 1.54) is 11.6 Å². The summed E-state index contributed by atoms with van der Waals surface area (Å²) in [5.41, 5.74) is 4.72. The van der Waals surface area contributed by atoms with E-state index in [4.69, 9.17) is 0 Å². The fraction of sp³-hybridized carbons (Fsp3) is 0.433. The molecule has 3 rings (SSSR count). The van der Waals surface area contributed by atoms with Crippen molar-refractivity contribution in [1.82, 2.24) is 9.97 Å². The Morgan fingerprint density at radius 3 is 2.11 bits per heavy atom. The number of rotatable bonds is 2. The molecule has 4 nitrogen and oxygen atoms in total. The molecule has 0 saturated carbocycles. The van der Waals surface area contributed by atoms with Gasteiger partial charge in [0.2, 0.25) is 0 Å². The fourth-order valence-electron chi connectivity index (χ4n) is 2.97. The summed E-state index contributed by atoms with van der Waals surface area (Å²) < 4.78 is 0. The van der Waals surface area contributed by atoms with Gasteiger partial charge in [-0.15, -0.1) is 34.9 Å². The largest absolute Gasteiger partial charge is 0.512 e. The minimum atomic E-state index is -0.417. The van der Waals surface area contributed by atoms with Crippen molar-refractivity contribution < 1.29 is 30.0 Å². The quantitative estimate of drug-likeness (QED) is 0.175. The Kier molecular flexibility index (Phi) is 10.1. The number of aliphatic hydroxyl groups is 1. The number of pyridine rings is 2. The maximum absolute atomic E-state index is 11.5. The second-order valence-electron chi connectivity index (χ2n) is 11.9. The molecule has 35 heavy (non-hydrogen) atoms. The van der Waals surface area contributed by atoms with Crippen LogP contribution in [0.1, 0.15) is 73.4 Å². The maximum Gasteiger partial charge on any atom is 0.164 e. The summed E-state index contributed by atoms with van der Waals surface area (Å²) in [6.07, 6.45) is 4.96. The molecule has 0 saturated heterocycles. The molecule has 0 fully saturated rings. The van der Waals surface area contributed by atoms with Crippen LogP contribution in [0.25, 0.3) is 22.2 Å². The van der Waals surface area contributed by atoms with Crippen LogP contribution in [0.4, 0.5) is 0 Å². The van der Waals surface area contributed by atoms with Crippen LogP contribution < -0.4 is 0 Å². The number of aryl methyl sites for hydroxylation is 1. The van der Waals surface area contributed by atoms with E-state index >= 15 is 0 Å². The van der Waals surface area contributed by atoms with Gasteiger partial charge in [-0.25, -0.2) is 0 Å². The van der Waals surface area contributed by atoms with Crippen molar-refractivity contribution in [2.75, 3.05) is 0 Å². The molecule has 2 heterocycles. The summed E-state index contributed by atoms with van der Waals surface area (Å²) in [4.78, 5) is 20.4. The molecule has 3 aromatic rings. The second-order valence-corrected chi connectivity index (χ2v) is 11.9. The SMILES string of the molecule is CC(C)(C)C(=O)/C=C(\O)C(C)(C)C.Cc1[c-]c(-c2cc3cccnc3cn2)cc(C(C)(C)C)c1.[Ir]. The van der Waals surface area contributed by atoms with E-state index in [0.717, 1.165) is 27.7 Å². The van der Waals surface area contributed by atoms with Crippen LogP contribution in [0.3, 0.4) is 0 Å². The van der Waals surface area contributed by atoms with Crippen LogP contribution in [-0.2, 0) is 30.3 Å². The first-order chi connectivity index (χ1) is 15.5. The molecule has 1 N–H and O–H groups in total. The number of aromatic nitrogens is 2. The Hall–Kier alpha value is -2.36. The van der Waals surface area contributed by atoms with Gasteiger partial charge in [-0.2, -0.15) is 0 Å². The minimum Gasteiger partial charge on any atom is -0.512 e. The first kappa shape index (κ1) is 30.7. The average Bonchev–Trinajstić information content (AvgIpc) is 2.71. The topological polar surface area (TPSA) is 63.1 Å². The van der Waals surface area contributed by atoms with Crippen LogP contribution in [0.2, 0.25) is 0 Å². The number of allylic oxidation sites excluding steroid dienone is 2. The van der Waals surface area contributed by atoms with Gasteiger partial charge in [-0.05, 0) is 22.6 Å². The van der Waals surface area contributed by atoms with E-state index in [0.29, 0.717) is 0 Å². The normalized spacial score (nSPS) is 12.5. The predicted molar refractivity (Wildman–Crippen MR) is 142 cm³/mol. The van der Waals surface area contributed by atoms with Gasteiger partial charge < -0.3 is 10.1 Å². The summed E-state index contributed by atoms with van der Waals surface area (Å²) in [5.74, 6) is 0.104. The number of carbonyl (C=O) groups excluding carboxylic acids is 1. The van der Waals surface area contributed by atoms with Crippen LogP contribution in [0, 0.1) is 23.8 Å². The summed E-state index contributed by atoms with van der Waals surface area (Å²) in [6.45, 7) is 19.9. The number of ketones is 1. The minimum absolute atomic E-state index is 0. The monoisotopic (exact) mass is 652 g/mol. The Bertz CT molecular complexity index is 1190. The van der Waals surface area contributed by atoms with E-state index in [2.05, 4.69) is 68.0 Å². The Morgan fingerprint density at radius 1 is 0.943 bits per heavy atom. The first-order valence-electron chi connectivity index (χ1n) is 11.7. The molecule has 0 amide bonds.